The Bertz CT molecular complexity index is 501. The van der Waals surface area contributed by atoms with Crippen LogP contribution in [0, 0.1) is 0 Å². The maximum absolute atomic E-state index is 10.6. The van der Waals surface area contributed by atoms with Gasteiger partial charge in [-0.15, -0.1) is 0 Å². The normalized spacial score (nSPS) is 13.5. The molecule has 27 heavy (non-hydrogen) atoms. The van der Waals surface area contributed by atoms with Crippen molar-refractivity contribution in [2.45, 2.75) is 46.5 Å². The molecule has 2 heterocycles. The maximum Gasteiger partial charge on any atom is 0.318 e. The summed E-state index contributed by atoms with van der Waals surface area (Å²) in [5.74, 6) is 3.65. The van der Waals surface area contributed by atoms with Crippen molar-refractivity contribution in [3.8, 4) is 0 Å². The number of hydrogen-bond donors (Lipinski definition) is 4. The summed E-state index contributed by atoms with van der Waals surface area (Å²) in [5, 5.41) is 0. The fourth-order valence-corrected chi connectivity index (χ4v) is 1.25. The van der Waals surface area contributed by atoms with Gasteiger partial charge in [-0.05, 0) is 19.8 Å². The molecule has 0 aromatic rings. The number of nitrogens with two attached hydrogens (primary N) is 1. The van der Waals surface area contributed by atoms with Gasteiger partial charge in [0.2, 0.25) is 17.7 Å². The number of hydrogen-bond acceptors (Lipinski definition) is 8. The van der Waals surface area contributed by atoms with E-state index < -0.39 is 5.91 Å². The van der Waals surface area contributed by atoms with Crippen molar-refractivity contribution in [2.75, 3.05) is 13.2 Å². The lowest BCUT2D eigenvalue weighted by Gasteiger charge is -2.12. The highest BCUT2D eigenvalue weighted by atomic mass is 16.6. The summed E-state index contributed by atoms with van der Waals surface area (Å²) in [4.78, 5) is 50.6. The Morgan fingerprint density at radius 3 is 1.70 bits per heavy atom. The van der Waals surface area contributed by atoms with E-state index in [1.807, 2.05) is 5.43 Å². The summed E-state index contributed by atoms with van der Waals surface area (Å²) in [7, 11) is 0. The smallest absolute Gasteiger partial charge is 0.318 e. The molecule has 0 bridgehead atoms. The van der Waals surface area contributed by atoms with E-state index in [2.05, 4.69) is 28.0 Å². The Morgan fingerprint density at radius 2 is 1.52 bits per heavy atom. The van der Waals surface area contributed by atoms with Gasteiger partial charge in [-0.1, -0.05) is 6.58 Å². The Morgan fingerprint density at radius 1 is 1.04 bits per heavy atom. The second-order valence-electron chi connectivity index (χ2n) is 5.32. The number of ether oxygens (including phenoxy) is 2. The zero-order valence-electron chi connectivity index (χ0n) is 15.9. The van der Waals surface area contributed by atoms with E-state index in [0.717, 1.165) is 13.2 Å². The maximum atomic E-state index is 10.6. The Kier molecular flexibility index (Phi) is 16.3. The van der Waals surface area contributed by atoms with Gasteiger partial charge in [0.15, 0.2) is 0 Å². The molecule has 0 aliphatic carbocycles. The fraction of sp³-hybridized carbons (Fsp3) is 0.562. The molecule has 154 valence electrons. The molecular formula is C16H28N4O7. The van der Waals surface area contributed by atoms with Gasteiger partial charge < -0.3 is 9.47 Å². The van der Waals surface area contributed by atoms with Crippen LogP contribution in [0.4, 0.5) is 0 Å². The molecule has 11 heteroatoms. The topological polar surface area (TPSA) is 166 Å². The number of nitrogens with one attached hydrogen (secondary N) is 3. The van der Waals surface area contributed by atoms with E-state index in [4.69, 9.17) is 4.74 Å². The predicted octanol–water partition coefficient (Wildman–Crippen LogP) is -0.627. The van der Waals surface area contributed by atoms with Crippen molar-refractivity contribution in [1.82, 2.24) is 16.3 Å². The minimum atomic E-state index is -0.507. The number of carbonyl (C=O) groups is 5. The number of carbonyl (C=O) groups excluding carboxylic acids is 5. The zero-order chi connectivity index (χ0) is 21.2. The third kappa shape index (κ3) is 23.2. The highest BCUT2D eigenvalue weighted by molar-refractivity contribution is 5.97. The Labute approximate surface area is 157 Å². The molecule has 2 rings (SSSR count). The predicted molar refractivity (Wildman–Crippen MR) is 95.2 cm³/mol. The molecule has 2 aliphatic rings. The van der Waals surface area contributed by atoms with Gasteiger partial charge in [0.05, 0.1) is 6.42 Å². The van der Waals surface area contributed by atoms with Crippen LogP contribution >= 0.6 is 0 Å². The van der Waals surface area contributed by atoms with Crippen LogP contribution in [0.5, 0.6) is 0 Å². The Balaban J connectivity index is 0. The molecule has 0 atom stereocenters. The molecule has 0 radical (unpaired) electrons. The number of ketones is 1. The van der Waals surface area contributed by atoms with Crippen LogP contribution in [-0.4, -0.2) is 42.7 Å². The van der Waals surface area contributed by atoms with Gasteiger partial charge in [-0.2, -0.15) is 0 Å². The van der Waals surface area contributed by atoms with Gasteiger partial charge in [0.25, 0.3) is 0 Å². The lowest BCUT2D eigenvalue weighted by Crippen LogP contribution is -2.40. The first-order valence-corrected chi connectivity index (χ1v) is 8.06. The molecule has 3 amide bonds. The van der Waals surface area contributed by atoms with Crippen molar-refractivity contribution in [1.29, 1.82) is 0 Å². The average molecular weight is 388 g/mol. The molecule has 0 aromatic carbocycles. The molecule has 0 aromatic heterocycles. The largest absolute Gasteiger partial charge is 0.431 e. The standard InChI is InChI=1S/C6H10N2O3.C4H4O2.C4H8O.C2H6N2O/c1-4(9)3-6(11)8-7-5(2)10;1-3-2-4(5)6-3;1-2-4-5-3-1;1-2(5)4-3/h3H2,1-2H3,(H,7,10)(H,8,11);1-2H2;1-4H2;3H2,1H3,(H,4,5). The van der Waals surface area contributed by atoms with Crippen LogP contribution in [0.2, 0.25) is 0 Å². The number of Topliss-reactive ketones (excluding diaryl/α,β-unsaturated/α-hetero) is 1. The molecular weight excluding hydrogens is 360 g/mol. The van der Waals surface area contributed by atoms with Crippen LogP contribution < -0.4 is 22.1 Å². The van der Waals surface area contributed by atoms with Crippen LogP contribution in [0.3, 0.4) is 0 Å². The Hall–Kier alpha value is -2.79. The molecule has 2 saturated heterocycles. The molecule has 2 fully saturated rings. The van der Waals surface area contributed by atoms with Crippen molar-refractivity contribution < 1.29 is 33.4 Å². The van der Waals surface area contributed by atoms with Crippen molar-refractivity contribution in [3.05, 3.63) is 12.3 Å². The minimum absolute atomic E-state index is 0.167. The first kappa shape index (κ1) is 26.4. The van der Waals surface area contributed by atoms with E-state index in [1.54, 1.807) is 0 Å². The minimum Gasteiger partial charge on any atom is -0.431 e. The highest BCUT2D eigenvalue weighted by Crippen LogP contribution is 2.13. The van der Waals surface area contributed by atoms with E-state index in [-0.39, 0.29) is 30.0 Å². The first-order valence-electron chi connectivity index (χ1n) is 8.06. The van der Waals surface area contributed by atoms with E-state index in [0.29, 0.717) is 12.2 Å². The number of cyclic esters (lactones) is 1. The number of rotatable bonds is 2. The third-order valence-corrected chi connectivity index (χ3v) is 2.42. The monoisotopic (exact) mass is 388 g/mol. The highest BCUT2D eigenvalue weighted by Gasteiger charge is 2.17. The second-order valence-corrected chi connectivity index (χ2v) is 5.32. The van der Waals surface area contributed by atoms with Crippen molar-refractivity contribution >= 4 is 29.5 Å². The van der Waals surface area contributed by atoms with E-state index >= 15 is 0 Å². The van der Waals surface area contributed by atoms with Crippen LogP contribution in [-0.2, 0) is 33.4 Å². The summed E-state index contributed by atoms with van der Waals surface area (Å²) >= 11 is 0. The van der Waals surface area contributed by atoms with E-state index in [9.17, 15) is 24.0 Å². The summed E-state index contributed by atoms with van der Waals surface area (Å²) in [6.45, 7) is 9.27. The first-order chi connectivity index (χ1) is 12.6. The quantitative estimate of drug-likeness (QED) is 0.160. The zero-order valence-corrected chi connectivity index (χ0v) is 15.9. The molecule has 11 nitrogen and oxygen atoms in total. The summed E-state index contributed by atoms with van der Waals surface area (Å²) < 4.78 is 9.25. The lowest BCUT2D eigenvalue weighted by atomic mass is 10.3. The third-order valence-electron chi connectivity index (χ3n) is 2.42. The number of esters is 1. The van der Waals surface area contributed by atoms with Crippen LogP contribution in [0.25, 0.3) is 0 Å². The van der Waals surface area contributed by atoms with Gasteiger partial charge in [0.1, 0.15) is 18.0 Å². The number of hydrazine groups is 2. The van der Waals surface area contributed by atoms with Crippen molar-refractivity contribution in [2.24, 2.45) is 5.84 Å². The van der Waals surface area contributed by atoms with Crippen molar-refractivity contribution in [3.63, 3.8) is 0 Å². The van der Waals surface area contributed by atoms with Crippen LogP contribution in [0.1, 0.15) is 46.5 Å². The summed E-state index contributed by atoms with van der Waals surface area (Å²) in [6.07, 6.45) is 2.76. The van der Waals surface area contributed by atoms with Gasteiger partial charge in [-0.3, -0.25) is 40.3 Å². The molecule has 0 spiro atoms. The SMILES string of the molecule is C1CCOC1.C=C1CC(=O)O1.CC(=O)CC(=O)NNC(C)=O.CC(=O)NN. The lowest BCUT2D eigenvalue weighted by molar-refractivity contribution is -0.148. The van der Waals surface area contributed by atoms with E-state index in [1.165, 1.54) is 33.6 Å². The average Bonchev–Trinajstić information content (AvgIpc) is 3.12. The summed E-state index contributed by atoms with van der Waals surface area (Å²) in [6, 6.07) is 0. The molecule has 2 aliphatic heterocycles. The number of amides is 3. The molecule has 5 N–H and O–H groups in total. The molecule has 0 saturated carbocycles. The van der Waals surface area contributed by atoms with Gasteiger partial charge >= 0.3 is 5.97 Å². The second kappa shape index (κ2) is 16.7. The van der Waals surface area contributed by atoms with Gasteiger partial charge in [0, 0.05) is 27.1 Å². The fourth-order valence-electron chi connectivity index (χ4n) is 1.25. The molecule has 0 unspecified atom stereocenters. The summed E-state index contributed by atoms with van der Waals surface area (Å²) in [5.41, 5.74) is 6.00. The van der Waals surface area contributed by atoms with Crippen LogP contribution in [0.15, 0.2) is 12.3 Å². The van der Waals surface area contributed by atoms with Gasteiger partial charge in [-0.25, -0.2) is 5.84 Å².